The number of hydrogen-bond donors (Lipinski definition) is 1. The number of ether oxygens (including phenoxy) is 1. The standard InChI is InChI=1S/C18H27N3O2/c1-14(15-5-7-16(8-6-15)18(2,3)4)19-20-17(22)13-21-9-11-23-12-10-21/h5-8H,9-13H2,1-4H3,(H,20,22)/b19-14-. The molecule has 2 rings (SSSR count). The first kappa shape index (κ1) is 17.6. The van der Waals surface area contributed by atoms with Gasteiger partial charge in [-0.15, -0.1) is 0 Å². The van der Waals surface area contributed by atoms with Gasteiger partial charge >= 0.3 is 0 Å². The molecule has 1 aromatic rings. The van der Waals surface area contributed by atoms with Crippen molar-refractivity contribution in [2.75, 3.05) is 32.8 Å². The van der Waals surface area contributed by atoms with E-state index >= 15 is 0 Å². The second-order valence-corrected chi connectivity index (χ2v) is 6.95. The highest BCUT2D eigenvalue weighted by molar-refractivity contribution is 5.99. The third-order valence-corrected chi connectivity index (χ3v) is 3.99. The molecule has 0 unspecified atom stereocenters. The molecular formula is C18H27N3O2. The van der Waals surface area contributed by atoms with Gasteiger partial charge in [0.2, 0.25) is 0 Å². The molecule has 5 nitrogen and oxygen atoms in total. The van der Waals surface area contributed by atoms with Crippen molar-refractivity contribution >= 4 is 11.6 Å². The molecule has 1 aliphatic heterocycles. The lowest BCUT2D eigenvalue weighted by Gasteiger charge is -2.25. The number of amides is 1. The maximum atomic E-state index is 11.9. The summed E-state index contributed by atoms with van der Waals surface area (Å²) in [6.07, 6.45) is 0. The second kappa shape index (κ2) is 7.70. The van der Waals surface area contributed by atoms with Gasteiger partial charge in [0.1, 0.15) is 0 Å². The highest BCUT2D eigenvalue weighted by Crippen LogP contribution is 2.22. The maximum absolute atomic E-state index is 11.9. The fraction of sp³-hybridized carbons (Fsp3) is 0.556. The summed E-state index contributed by atoms with van der Waals surface area (Å²) in [7, 11) is 0. The van der Waals surface area contributed by atoms with Crippen molar-refractivity contribution in [2.45, 2.75) is 33.1 Å². The first-order valence-corrected chi connectivity index (χ1v) is 8.10. The number of hydrogen-bond acceptors (Lipinski definition) is 4. The van der Waals surface area contributed by atoms with Crippen LogP contribution in [-0.2, 0) is 14.9 Å². The van der Waals surface area contributed by atoms with E-state index in [0.717, 1.165) is 24.4 Å². The Morgan fingerprint density at radius 2 is 1.83 bits per heavy atom. The van der Waals surface area contributed by atoms with E-state index in [1.807, 2.05) is 19.1 Å². The fourth-order valence-corrected chi connectivity index (χ4v) is 2.42. The van der Waals surface area contributed by atoms with E-state index in [1.165, 1.54) is 5.56 Å². The molecule has 0 spiro atoms. The van der Waals surface area contributed by atoms with Crippen LogP contribution in [-0.4, -0.2) is 49.4 Å². The zero-order chi connectivity index (χ0) is 16.9. The number of hydrazone groups is 1. The van der Waals surface area contributed by atoms with Gasteiger partial charge in [-0.1, -0.05) is 45.0 Å². The molecule has 0 aliphatic carbocycles. The highest BCUT2D eigenvalue weighted by atomic mass is 16.5. The molecule has 0 bridgehead atoms. The van der Waals surface area contributed by atoms with Gasteiger partial charge in [0.25, 0.3) is 5.91 Å². The van der Waals surface area contributed by atoms with Gasteiger partial charge in [-0.05, 0) is 23.5 Å². The first-order chi connectivity index (χ1) is 10.9. The molecule has 0 atom stereocenters. The molecule has 1 N–H and O–H groups in total. The molecule has 0 radical (unpaired) electrons. The van der Waals surface area contributed by atoms with Crippen LogP contribution in [0.4, 0.5) is 0 Å². The van der Waals surface area contributed by atoms with Crippen LogP contribution in [0.1, 0.15) is 38.8 Å². The molecule has 1 amide bonds. The topological polar surface area (TPSA) is 53.9 Å². The predicted octanol–water partition coefficient (Wildman–Crippen LogP) is 2.16. The summed E-state index contributed by atoms with van der Waals surface area (Å²) in [5, 5.41) is 4.21. The summed E-state index contributed by atoms with van der Waals surface area (Å²) in [6, 6.07) is 8.33. The number of rotatable bonds is 4. The van der Waals surface area contributed by atoms with Crippen LogP contribution in [0.25, 0.3) is 0 Å². The van der Waals surface area contributed by atoms with Crippen molar-refractivity contribution in [3.8, 4) is 0 Å². The van der Waals surface area contributed by atoms with Crippen molar-refractivity contribution in [3.05, 3.63) is 35.4 Å². The van der Waals surface area contributed by atoms with Crippen LogP contribution in [0.5, 0.6) is 0 Å². The lowest BCUT2D eigenvalue weighted by molar-refractivity contribution is -0.123. The minimum Gasteiger partial charge on any atom is -0.379 e. The average Bonchev–Trinajstić information content (AvgIpc) is 2.53. The number of benzene rings is 1. The largest absolute Gasteiger partial charge is 0.379 e. The monoisotopic (exact) mass is 317 g/mol. The molecule has 1 aliphatic rings. The van der Waals surface area contributed by atoms with Crippen LogP contribution in [0.3, 0.4) is 0 Å². The van der Waals surface area contributed by atoms with E-state index in [1.54, 1.807) is 0 Å². The maximum Gasteiger partial charge on any atom is 0.254 e. The molecule has 1 heterocycles. The van der Waals surface area contributed by atoms with Crippen molar-refractivity contribution in [1.29, 1.82) is 0 Å². The summed E-state index contributed by atoms with van der Waals surface area (Å²) in [5.74, 6) is -0.0856. The molecular weight excluding hydrogens is 290 g/mol. The van der Waals surface area contributed by atoms with Gasteiger partial charge in [0.05, 0.1) is 25.5 Å². The van der Waals surface area contributed by atoms with Crippen LogP contribution < -0.4 is 5.43 Å². The Morgan fingerprint density at radius 1 is 1.22 bits per heavy atom. The summed E-state index contributed by atoms with van der Waals surface area (Å²) < 4.78 is 5.27. The Balaban J connectivity index is 1.90. The average molecular weight is 317 g/mol. The van der Waals surface area contributed by atoms with Crippen molar-refractivity contribution in [1.82, 2.24) is 10.3 Å². The molecule has 1 aromatic carbocycles. The molecule has 1 fully saturated rings. The summed E-state index contributed by atoms with van der Waals surface area (Å²) in [6.45, 7) is 11.8. The van der Waals surface area contributed by atoms with E-state index in [-0.39, 0.29) is 11.3 Å². The van der Waals surface area contributed by atoms with Crippen LogP contribution in [0.2, 0.25) is 0 Å². The Hall–Kier alpha value is -1.72. The quantitative estimate of drug-likeness (QED) is 0.684. The van der Waals surface area contributed by atoms with Gasteiger partial charge < -0.3 is 4.74 Å². The Morgan fingerprint density at radius 3 is 2.39 bits per heavy atom. The predicted molar refractivity (Wildman–Crippen MR) is 92.8 cm³/mol. The molecule has 23 heavy (non-hydrogen) atoms. The van der Waals surface area contributed by atoms with E-state index in [0.29, 0.717) is 19.8 Å². The van der Waals surface area contributed by atoms with Gasteiger partial charge in [0, 0.05) is 13.1 Å². The summed E-state index contributed by atoms with van der Waals surface area (Å²) in [4.78, 5) is 14.0. The summed E-state index contributed by atoms with van der Waals surface area (Å²) in [5.41, 5.74) is 5.88. The zero-order valence-electron chi connectivity index (χ0n) is 14.6. The Bertz CT molecular complexity index is 553. The minimum absolute atomic E-state index is 0.0856. The molecule has 0 aromatic heterocycles. The van der Waals surface area contributed by atoms with E-state index in [9.17, 15) is 4.79 Å². The van der Waals surface area contributed by atoms with Crippen molar-refractivity contribution in [3.63, 3.8) is 0 Å². The van der Waals surface area contributed by atoms with Crippen molar-refractivity contribution in [2.24, 2.45) is 5.10 Å². The molecule has 0 saturated carbocycles. The highest BCUT2D eigenvalue weighted by Gasteiger charge is 2.14. The first-order valence-electron chi connectivity index (χ1n) is 8.10. The number of carbonyl (C=O) groups is 1. The van der Waals surface area contributed by atoms with Crippen LogP contribution in [0.15, 0.2) is 29.4 Å². The lowest BCUT2D eigenvalue weighted by atomic mass is 9.86. The number of morpholine rings is 1. The van der Waals surface area contributed by atoms with E-state index < -0.39 is 0 Å². The van der Waals surface area contributed by atoms with E-state index in [4.69, 9.17) is 4.74 Å². The Labute approximate surface area is 138 Å². The summed E-state index contributed by atoms with van der Waals surface area (Å²) >= 11 is 0. The molecule has 5 heteroatoms. The minimum atomic E-state index is -0.0856. The third kappa shape index (κ3) is 5.44. The second-order valence-electron chi connectivity index (χ2n) is 6.95. The van der Waals surface area contributed by atoms with Gasteiger partial charge in [0.15, 0.2) is 0 Å². The third-order valence-electron chi connectivity index (χ3n) is 3.99. The zero-order valence-corrected chi connectivity index (χ0v) is 14.6. The molecule has 126 valence electrons. The van der Waals surface area contributed by atoms with Crippen LogP contribution in [0, 0.1) is 0 Å². The lowest BCUT2D eigenvalue weighted by Crippen LogP contribution is -2.42. The van der Waals surface area contributed by atoms with Gasteiger partial charge in [-0.25, -0.2) is 5.43 Å². The number of nitrogens with one attached hydrogen (secondary N) is 1. The fourth-order valence-electron chi connectivity index (χ4n) is 2.42. The van der Waals surface area contributed by atoms with E-state index in [2.05, 4.69) is 48.3 Å². The number of carbonyl (C=O) groups excluding carboxylic acids is 1. The smallest absolute Gasteiger partial charge is 0.254 e. The van der Waals surface area contributed by atoms with Gasteiger partial charge in [-0.2, -0.15) is 5.10 Å². The van der Waals surface area contributed by atoms with Gasteiger partial charge in [-0.3, -0.25) is 9.69 Å². The number of nitrogens with zero attached hydrogens (tertiary/aromatic N) is 2. The molecule has 1 saturated heterocycles. The van der Waals surface area contributed by atoms with Crippen LogP contribution >= 0.6 is 0 Å². The SMILES string of the molecule is C/C(=N/NC(=O)CN1CCOCC1)c1ccc(C(C)(C)C)cc1. The Kier molecular flexibility index (Phi) is 5.91. The normalized spacial score (nSPS) is 17.1. The van der Waals surface area contributed by atoms with Crippen molar-refractivity contribution < 1.29 is 9.53 Å².